The predicted molar refractivity (Wildman–Crippen MR) is 92.3 cm³/mol. The average Bonchev–Trinajstić information content (AvgIpc) is 3.19. The lowest BCUT2D eigenvalue weighted by atomic mass is 9.98. The summed E-state index contributed by atoms with van der Waals surface area (Å²) in [5.74, 6) is 1.36. The number of hydrogen-bond donors (Lipinski definition) is 2. The van der Waals surface area contributed by atoms with Crippen molar-refractivity contribution in [1.29, 1.82) is 0 Å². The van der Waals surface area contributed by atoms with E-state index in [9.17, 15) is 4.79 Å². The third kappa shape index (κ3) is 2.98. The van der Waals surface area contributed by atoms with E-state index in [1.165, 1.54) is 0 Å². The van der Waals surface area contributed by atoms with Gasteiger partial charge in [0.05, 0.1) is 5.52 Å². The minimum atomic E-state index is -0.236. The molecule has 1 aliphatic rings. The molecule has 9 nitrogen and oxygen atoms in total. The van der Waals surface area contributed by atoms with Crippen molar-refractivity contribution in [3.05, 3.63) is 29.6 Å². The molecule has 9 heteroatoms. The van der Waals surface area contributed by atoms with E-state index in [1.807, 2.05) is 13.1 Å². The van der Waals surface area contributed by atoms with Crippen LogP contribution in [-0.2, 0) is 14.1 Å². The van der Waals surface area contributed by atoms with Gasteiger partial charge in [0, 0.05) is 25.6 Å². The molecule has 2 N–H and O–H groups in total. The topological polar surface area (TPSA) is 103 Å². The van der Waals surface area contributed by atoms with Crippen molar-refractivity contribution >= 4 is 22.9 Å². The number of aromatic nitrogens is 6. The number of rotatable bonds is 3. The summed E-state index contributed by atoms with van der Waals surface area (Å²) < 4.78 is 3.29. The number of amides is 1. The molecular weight excluding hydrogens is 320 g/mol. The number of hydrogen-bond acceptors (Lipinski definition) is 6. The quantitative estimate of drug-likeness (QED) is 0.732. The summed E-state index contributed by atoms with van der Waals surface area (Å²) >= 11 is 0. The van der Waals surface area contributed by atoms with Crippen molar-refractivity contribution < 1.29 is 4.79 Å². The van der Waals surface area contributed by atoms with Crippen LogP contribution in [0.15, 0.2) is 18.2 Å². The van der Waals surface area contributed by atoms with Gasteiger partial charge in [-0.3, -0.25) is 10.1 Å². The number of anilines is 1. The van der Waals surface area contributed by atoms with Gasteiger partial charge < -0.3 is 5.32 Å². The Morgan fingerprint density at radius 2 is 2.04 bits per heavy atom. The Labute approximate surface area is 144 Å². The number of piperidine rings is 1. The van der Waals surface area contributed by atoms with Gasteiger partial charge in [-0.05, 0) is 44.1 Å². The first kappa shape index (κ1) is 15.7. The van der Waals surface area contributed by atoms with Crippen molar-refractivity contribution in [3.63, 3.8) is 0 Å². The van der Waals surface area contributed by atoms with E-state index in [4.69, 9.17) is 0 Å². The number of nitrogens with one attached hydrogen (secondary N) is 2. The number of benzene rings is 1. The first-order chi connectivity index (χ1) is 12.1. The molecule has 0 radical (unpaired) electrons. The fourth-order valence-corrected chi connectivity index (χ4v) is 3.12. The molecule has 0 aliphatic carbocycles. The summed E-state index contributed by atoms with van der Waals surface area (Å²) in [6, 6.07) is 5.31. The molecule has 1 aromatic carbocycles. The van der Waals surface area contributed by atoms with Crippen LogP contribution in [0.5, 0.6) is 0 Å². The Morgan fingerprint density at radius 3 is 2.84 bits per heavy atom. The van der Waals surface area contributed by atoms with E-state index in [2.05, 4.69) is 31.0 Å². The Balaban J connectivity index is 1.54. The van der Waals surface area contributed by atoms with Crippen LogP contribution in [0.1, 0.15) is 34.9 Å². The van der Waals surface area contributed by atoms with Gasteiger partial charge in [-0.15, -0.1) is 5.10 Å². The van der Waals surface area contributed by atoms with Gasteiger partial charge in [-0.1, -0.05) is 5.21 Å². The summed E-state index contributed by atoms with van der Waals surface area (Å²) in [5.41, 5.74) is 2.08. The highest BCUT2D eigenvalue weighted by Crippen LogP contribution is 2.23. The molecule has 0 atom stereocenters. The van der Waals surface area contributed by atoms with Gasteiger partial charge in [0.15, 0.2) is 5.82 Å². The first-order valence-electron chi connectivity index (χ1n) is 8.34. The third-order valence-corrected chi connectivity index (χ3v) is 4.58. The Bertz CT molecular complexity index is 922. The summed E-state index contributed by atoms with van der Waals surface area (Å²) in [5, 5.41) is 18.6. The van der Waals surface area contributed by atoms with E-state index >= 15 is 0 Å². The molecule has 2 aromatic heterocycles. The normalized spacial score (nSPS) is 15.6. The Morgan fingerprint density at radius 1 is 1.24 bits per heavy atom. The molecule has 0 bridgehead atoms. The molecule has 1 aliphatic heterocycles. The highest BCUT2D eigenvalue weighted by Gasteiger charge is 2.21. The van der Waals surface area contributed by atoms with E-state index < -0.39 is 0 Å². The second-order valence-corrected chi connectivity index (χ2v) is 6.31. The molecule has 1 fully saturated rings. The SMILES string of the molecule is Cn1nc(C2CCNCC2)nc1NC(=O)c1ccc2c(c1)nnn2C. The first-order valence-corrected chi connectivity index (χ1v) is 8.34. The van der Waals surface area contributed by atoms with Crippen molar-refractivity contribution in [2.24, 2.45) is 14.1 Å². The largest absolute Gasteiger partial charge is 0.317 e. The summed E-state index contributed by atoms with van der Waals surface area (Å²) in [4.78, 5) is 17.1. The van der Waals surface area contributed by atoms with Crippen LogP contribution < -0.4 is 10.6 Å². The molecule has 0 spiro atoms. The maximum absolute atomic E-state index is 12.5. The van der Waals surface area contributed by atoms with Gasteiger partial charge in [-0.25, -0.2) is 9.36 Å². The van der Waals surface area contributed by atoms with E-state index in [0.717, 1.165) is 37.3 Å². The number of fused-ring (bicyclic) bond motifs is 1. The summed E-state index contributed by atoms with van der Waals surface area (Å²) in [7, 11) is 3.61. The van der Waals surface area contributed by atoms with E-state index in [-0.39, 0.29) is 5.91 Å². The number of nitrogens with zero attached hydrogens (tertiary/aromatic N) is 6. The van der Waals surface area contributed by atoms with Crippen LogP contribution in [0.25, 0.3) is 11.0 Å². The van der Waals surface area contributed by atoms with Crippen LogP contribution in [0.4, 0.5) is 5.95 Å². The third-order valence-electron chi connectivity index (χ3n) is 4.58. The maximum Gasteiger partial charge on any atom is 0.258 e. The van der Waals surface area contributed by atoms with Crippen LogP contribution >= 0.6 is 0 Å². The van der Waals surface area contributed by atoms with Crippen molar-refractivity contribution in [2.75, 3.05) is 18.4 Å². The molecule has 0 unspecified atom stereocenters. The van der Waals surface area contributed by atoms with Gasteiger partial charge in [0.2, 0.25) is 5.95 Å². The molecule has 3 aromatic rings. The smallest absolute Gasteiger partial charge is 0.258 e. The monoisotopic (exact) mass is 340 g/mol. The highest BCUT2D eigenvalue weighted by molar-refractivity contribution is 6.05. The zero-order chi connectivity index (χ0) is 17.4. The molecule has 25 heavy (non-hydrogen) atoms. The molecule has 1 amide bonds. The minimum Gasteiger partial charge on any atom is -0.317 e. The highest BCUT2D eigenvalue weighted by atomic mass is 16.1. The lowest BCUT2D eigenvalue weighted by Gasteiger charge is -2.19. The zero-order valence-electron chi connectivity index (χ0n) is 14.2. The molecule has 0 saturated carbocycles. The van der Waals surface area contributed by atoms with Crippen LogP contribution in [0, 0.1) is 0 Å². The maximum atomic E-state index is 12.5. The fraction of sp³-hybridized carbons (Fsp3) is 0.438. The second kappa shape index (κ2) is 6.25. The van der Waals surface area contributed by atoms with Gasteiger partial charge in [0.25, 0.3) is 5.91 Å². The second-order valence-electron chi connectivity index (χ2n) is 6.31. The molecule has 3 heterocycles. The van der Waals surface area contributed by atoms with Gasteiger partial charge in [0.1, 0.15) is 5.52 Å². The van der Waals surface area contributed by atoms with Crippen LogP contribution in [0.3, 0.4) is 0 Å². The van der Waals surface area contributed by atoms with E-state index in [1.54, 1.807) is 28.5 Å². The number of carbonyl (C=O) groups excluding carboxylic acids is 1. The fourth-order valence-electron chi connectivity index (χ4n) is 3.12. The van der Waals surface area contributed by atoms with Crippen molar-refractivity contribution in [2.45, 2.75) is 18.8 Å². The lowest BCUT2D eigenvalue weighted by molar-refractivity contribution is 0.102. The number of aryl methyl sites for hydroxylation is 2. The van der Waals surface area contributed by atoms with Gasteiger partial charge in [-0.2, -0.15) is 10.1 Å². The summed E-state index contributed by atoms with van der Waals surface area (Å²) in [6.45, 7) is 1.95. The van der Waals surface area contributed by atoms with Crippen LogP contribution in [0.2, 0.25) is 0 Å². The van der Waals surface area contributed by atoms with Crippen molar-refractivity contribution in [3.8, 4) is 0 Å². The van der Waals surface area contributed by atoms with Gasteiger partial charge >= 0.3 is 0 Å². The molecule has 130 valence electrons. The molecular formula is C16H20N8O. The molecule has 1 saturated heterocycles. The lowest BCUT2D eigenvalue weighted by Crippen LogP contribution is -2.27. The van der Waals surface area contributed by atoms with Crippen molar-refractivity contribution in [1.82, 2.24) is 35.1 Å². The van der Waals surface area contributed by atoms with E-state index in [0.29, 0.717) is 22.9 Å². The van der Waals surface area contributed by atoms with Crippen LogP contribution in [-0.4, -0.2) is 48.8 Å². The standard InChI is InChI=1S/C16H20N8O/c1-23-13-4-3-11(9-12(13)20-22-23)15(25)19-16-18-14(21-24(16)2)10-5-7-17-8-6-10/h3-4,9-10,17H,5-8H2,1-2H3,(H,18,19,21,25). The summed E-state index contributed by atoms with van der Waals surface area (Å²) in [6.07, 6.45) is 2.03. The molecule has 4 rings (SSSR count). The minimum absolute atomic E-state index is 0.236. The number of carbonyl (C=O) groups is 1. The Kier molecular flexibility index (Phi) is 3.92. The predicted octanol–water partition coefficient (Wildman–Crippen LogP) is 0.816. The average molecular weight is 340 g/mol. The zero-order valence-corrected chi connectivity index (χ0v) is 14.2. The Hall–Kier alpha value is -2.81.